The van der Waals surface area contributed by atoms with Gasteiger partial charge in [-0.3, -0.25) is 4.79 Å². The fraction of sp³-hybridized carbons (Fsp3) is 0.933. The van der Waals surface area contributed by atoms with Gasteiger partial charge in [-0.15, -0.1) is 0 Å². The van der Waals surface area contributed by atoms with Crippen molar-refractivity contribution in [2.45, 2.75) is 57.4 Å². The molecule has 0 heterocycles. The van der Waals surface area contributed by atoms with Gasteiger partial charge in [0.05, 0.1) is 7.11 Å². The summed E-state index contributed by atoms with van der Waals surface area (Å²) in [6.07, 6.45) is 8.28. The van der Waals surface area contributed by atoms with E-state index in [-0.39, 0.29) is 11.4 Å². The quantitative estimate of drug-likeness (QED) is 0.784. The standard InChI is InChI=1S/C15H25NO2/c1-3-15(16,13(17)18-2)14-7-10-4-11(8-14)6-12(5-10)9-14/h10-12H,3-9,16H2,1-2H3. The normalized spacial score (nSPS) is 44.7. The maximum Gasteiger partial charge on any atom is 0.326 e. The van der Waals surface area contributed by atoms with Crippen molar-refractivity contribution in [1.82, 2.24) is 0 Å². The Morgan fingerprint density at radius 3 is 2.00 bits per heavy atom. The van der Waals surface area contributed by atoms with E-state index < -0.39 is 5.54 Å². The van der Waals surface area contributed by atoms with Crippen LogP contribution in [0.25, 0.3) is 0 Å². The summed E-state index contributed by atoms with van der Waals surface area (Å²) in [4.78, 5) is 12.2. The lowest BCUT2D eigenvalue weighted by atomic mass is 9.44. The molecule has 4 saturated carbocycles. The molecule has 2 N–H and O–H groups in total. The second-order valence-electron chi connectivity index (χ2n) is 7.01. The Morgan fingerprint density at radius 1 is 1.22 bits per heavy atom. The smallest absolute Gasteiger partial charge is 0.326 e. The molecule has 0 aromatic heterocycles. The molecule has 4 bridgehead atoms. The summed E-state index contributed by atoms with van der Waals surface area (Å²) in [6.45, 7) is 2.04. The van der Waals surface area contributed by atoms with Gasteiger partial charge in [-0.25, -0.2) is 0 Å². The Kier molecular flexibility index (Phi) is 2.74. The van der Waals surface area contributed by atoms with Crippen LogP contribution in [0.4, 0.5) is 0 Å². The maximum atomic E-state index is 12.2. The zero-order chi connectivity index (χ0) is 13.0. The van der Waals surface area contributed by atoms with Crippen molar-refractivity contribution in [2.24, 2.45) is 28.9 Å². The molecule has 4 aliphatic carbocycles. The fourth-order valence-electron chi connectivity index (χ4n) is 5.57. The number of methoxy groups -OCH3 is 1. The van der Waals surface area contributed by atoms with Crippen LogP contribution in [0, 0.1) is 23.2 Å². The lowest BCUT2D eigenvalue weighted by molar-refractivity contribution is -0.166. The Bertz CT molecular complexity index is 330. The van der Waals surface area contributed by atoms with Gasteiger partial charge in [0.1, 0.15) is 5.54 Å². The van der Waals surface area contributed by atoms with Crippen LogP contribution in [0.2, 0.25) is 0 Å². The SMILES string of the molecule is CCC(N)(C(=O)OC)C12CC3CC(CC(C3)C1)C2. The first-order valence-corrected chi connectivity index (χ1v) is 7.40. The molecule has 0 saturated heterocycles. The molecule has 1 unspecified atom stereocenters. The summed E-state index contributed by atoms with van der Waals surface area (Å²) < 4.78 is 5.03. The molecule has 1 atom stereocenters. The molecule has 0 spiro atoms. The topological polar surface area (TPSA) is 52.3 Å². The molecule has 102 valence electrons. The van der Waals surface area contributed by atoms with Crippen LogP contribution < -0.4 is 5.73 Å². The molecule has 0 amide bonds. The Hall–Kier alpha value is -0.570. The molecular weight excluding hydrogens is 226 g/mol. The van der Waals surface area contributed by atoms with Crippen LogP contribution in [0.1, 0.15) is 51.9 Å². The fourth-order valence-corrected chi connectivity index (χ4v) is 5.57. The summed E-state index contributed by atoms with van der Waals surface area (Å²) in [5.41, 5.74) is 5.86. The predicted octanol–water partition coefficient (Wildman–Crippen LogP) is 2.48. The first-order valence-electron chi connectivity index (χ1n) is 7.40. The molecule has 3 heteroatoms. The molecule has 0 aromatic carbocycles. The monoisotopic (exact) mass is 251 g/mol. The van der Waals surface area contributed by atoms with E-state index in [4.69, 9.17) is 10.5 Å². The number of hydrogen-bond donors (Lipinski definition) is 1. The van der Waals surface area contributed by atoms with Gasteiger partial charge in [0.25, 0.3) is 0 Å². The van der Waals surface area contributed by atoms with E-state index in [1.807, 2.05) is 6.92 Å². The van der Waals surface area contributed by atoms with Crippen LogP contribution >= 0.6 is 0 Å². The predicted molar refractivity (Wildman–Crippen MR) is 69.8 cm³/mol. The number of hydrogen-bond acceptors (Lipinski definition) is 3. The first kappa shape index (κ1) is 12.5. The highest BCUT2D eigenvalue weighted by Gasteiger charge is 2.61. The average Bonchev–Trinajstić information content (AvgIpc) is 2.35. The lowest BCUT2D eigenvalue weighted by Gasteiger charge is -2.61. The molecule has 4 aliphatic rings. The van der Waals surface area contributed by atoms with E-state index in [1.54, 1.807) is 0 Å². The van der Waals surface area contributed by atoms with Gasteiger partial charge in [0.15, 0.2) is 0 Å². The van der Waals surface area contributed by atoms with E-state index in [0.29, 0.717) is 6.42 Å². The summed E-state index contributed by atoms with van der Waals surface area (Å²) in [5.74, 6) is 2.26. The molecule has 0 aliphatic heterocycles. The second-order valence-corrected chi connectivity index (χ2v) is 7.01. The molecule has 4 rings (SSSR count). The van der Waals surface area contributed by atoms with Gasteiger partial charge in [-0.2, -0.15) is 0 Å². The second kappa shape index (κ2) is 3.96. The van der Waals surface area contributed by atoms with Gasteiger partial charge in [0, 0.05) is 0 Å². The largest absolute Gasteiger partial charge is 0.468 e. The third-order valence-corrected chi connectivity index (χ3v) is 6.09. The van der Waals surface area contributed by atoms with Crippen LogP contribution in [0.15, 0.2) is 0 Å². The molecule has 0 radical (unpaired) electrons. The van der Waals surface area contributed by atoms with E-state index in [2.05, 4.69) is 0 Å². The van der Waals surface area contributed by atoms with E-state index in [0.717, 1.165) is 37.0 Å². The van der Waals surface area contributed by atoms with E-state index >= 15 is 0 Å². The van der Waals surface area contributed by atoms with Gasteiger partial charge >= 0.3 is 5.97 Å². The summed E-state index contributed by atoms with van der Waals surface area (Å²) in [5, 5.41) is 0. The zero-order valence-electron chi connectivity index (χ0n) is 11.6. The van der Waals surface area contributed by atoms with Gasteiger partial charge < -0.3 is 10.5 Å². The Labute approximate surface area is 109 Å². The van der Waals surface area contributed by atoms with Crippen LogP contribution in [0.5, 0.6) is 0 Å². The van der Waals surface area contributed by atoms with Crippen molar-refractivity contribution in [3.8, 4) is 0 Å². The Balaban J connectivity index is 1.96. The number of esters is 1. The zero-order valence-corrected chi connectivity index (χ0v) is 11.6. The summed E-state index contributed by atoms with van der Waals surface area (Å²) >= 11 is 0. The van der Waals surface area contributed by atoms with E-state index in [9.17, 15) is 4.79 Å². The minimum atomic E-state index is -0.752. The third-order valence-electron chi connectivity index (χ3n) is 6.09. The highest BCUT2D eigenvalue weighted by atomic mass is 16.5. The number of ether oxygens (including phenoxy) is 1. The Morgan fingerprint density at radius 2 is 1.67 bits per heavy atom. The highest BCUT2D eigenvalue weighted by Crippen LogP contribution is 2.63. The summed E-state index contributed by atoms with van der Waals surface area (Å²) in [6, 6.07) is 0. The summed E-state index contributed by atoms with van der Waals surface area (Å²) in [7, 11) is 1.47. The number of carbonyl (C=O) groups is 1. The van der Waals surface area contributed by atoms with Crippen LogP contribution in [-0.4, -0.2) is 18.6 Å². The van der Waals surface area contributed by atoms with Crippen molar-refractivity contribution < 1.29 is 9.53 Å². The minimum Gasteiger partial charge on any atom is -0.468 e. The van der Waals surface area contributed by atoms with Gasteiger partial charge in [-0.1, -0.05) is 6.92 Å². The van der Waals surface area contributed by atoms with Crippen molar-refractivity contribution >= 4 is 5.97 Å². The highest BCUT2D eigenvalue weighted by molar-refractivity contribution is 5.81. The van der Waals surface area contributed by atoms with Crippen molar-refractivity contribution in [1.29, 1.82) is 0 Å². The van der Waals surface area contributed by atoms with Crippen LogP contribution in [-0.2, 0) is 9.53 Å². The van der Waals surface area contributed by atoms with Crippen molar-refractivity contribution in [2.75, 3.05) is 7.11 Å². The molecule has 4 fully saturated rings. The number of nitrogens with two attached hydrogens (primary N) is 1. The lowest BCUT2D eigenvalue weighted by Crippen LogP contribution is -2.66. The van der Waals surface area contributed by atoms with Crippen LogP contribution in [0.3, 0.4) is 0 Å². The number of carbonyl (C=O) groups excluding carboxylic acids is 1. The average molecular weight is 251 g/mol. The van der Waals surface area contributed by atoms with Crippen molar-refractivity contribution in [3.63, 3.8) is 0 Å². The molecule has 0 aromatic rings. The van der Waals surface area contributed by atoms with Gasteiger partial charge in [0.2, 0.25) is 0 Å². The maximum absolute atomic E-state index is 12.2. The third kappa shape index (κ3) is 1.49. The van der Waals surface area contributed by atoms with Crippen molar-refractivity contribution in [3.05, 3.63) is 0 Å². The molecule has 3 nitrogen and oxygen atoms in total. The molecular formula is C15H25NO2. The number of rotatable bonds is 3. The minimum absolute atomic E-state index is 0.0313. The van der Waals surface area contributed by atoms with Gasteiger partial charge in [-0.05, 0) is 68.1 Å². The molecule has 18 heavy (non-hydrogen) atoms. The first-order chi connectivity index (χ1) is 8.53. The van der Waals surface area contributed by atoms with E-state index in [1.165, 1.54) is 26.4 Å².